The van der Waals surface area contributed by atoms with Crippen molar-refractivity contribution in [1.82, 2.24) is 10.3 Å². The van der Waals surface area contributed by atoms with Crippen LogP contribution in [0.1, 0.15) is 24.1 Å². The molecule has 1 aromatic heterocycles. The van der Waals surface area contributed by atoms with E-state index in [0.717, 1.165) is 5.56 Å². The molecule has 2 rings (SSSR count). The highest BCUT2D eigenvalue weighted by molar-refractivity contribution is 5.92. The van der Waals surface area contributed by atoms with E-state index in [4.69, 9.17) is 4.74 Å². The maximum Gasteiger partial charge on any atom is 0.387 e. The van der Waals surface area contributed by atoms with E-state index in [-0.39, 0.29) is 23.4 Å². The summed E-state index contributed by atoms with van der Waals surface area (Å²) < 4.78 is 34.0. The van der Waals surface area contributed by atoms with E-state index < -0.39 is 6.61 Å². The lowest BCUT2D eigenvalue weighted by Gasteiger charge is -2.12. The van der Waals surface area contributed by atoms with Crippen molar-refractivity contribution in [2.45, 2.75) is 19.6 Å². The van der Waals surface area contributed by atoms with Crippen LogP contribution < -0.4 is 14.8 Å². The molecular formula is C18H18F2N2O3. The summed E-state index contributed by atoms with van der Waals surface area (Å²) in [5, 5.41) is 2.82. The number of pyridine rings is 1. The molecule has 0 aliphatic carbocycles. The van der Waals surface area contributed by atoms with E-state index in [0.29, 0.717) is 5.56 Å². The highest BCUT2D eigenvalue weighted by Gasteiger charge is 2.11. The summed E-state index contributed by atoms with van der Waals surface area (Å²) in [6.45, 7) is -1.07. The molecule has 0 saturated carbocycles. The van der Waals surface area contributed by atoms with Gasteiger partial charge in [0.25, 0.3) is 0 Å². The van der Waals surface area contributed by atoms with Crippen LogP contribution in [0, 0.1) is 0 Å². The molecule has 1 unspecified atom stereocenters. The van der Waals surface area contributed by atoms with Gasteiger partial charge in [0.05, 0.1) is 13.2 Å². The maximum absolute atomic E-state index is 12.3. The number of ether oxygens (including phenoxy) is 2. The number of halogens is 2. The molecule has 132 valence electrons. The second-order valence-corrected chi connectivity index (χ2v) is 5.13. The van der Waals surface area contributed by atoms with E-state index in [1.54, 1.807) is 24.5 Å². The number of hydrogen-bond acceptors (Lipinski definition) is 4. The molecule has 5 nitrogen and oxygen atoms in total. The summed E-state index contributed by atoms with van der Waals surface area (Å²) in [4.78, 5) is 15.9. The van der Waals surface area contributed by atoms with Gasteiger partial charge in [-0.05, 0) is 48.4 Å². The van der Waals surface area contributed by atoms with Crippen LogP contribution in [0.25, 0.3) is 6.08 Å². The zero-order valence-corrected chi connectivity index (χ0v) is 13.8. The molecule has 1 aromatic carbocycles. The van der Waals surface area contributed by atoms with E-state index in [1.807, 2.05) is 19.1 Å². The Kier molecular flexibility index (Phi) is 6.45. The smallest absolute Gasteiger partial charge is 0.387 e. The van der Waals surface area contributed by atoms with E-state index in [2.05, 4.69) is 15.0 Å². The molecule has 0 radical (unpaired) electrons. The highest BCUT2D eigenvalue weighted by Crippen LogP contribution is 2.29. The van der Waals surface area contributed by atoms with Gasteiger partial charge < -0.3 is 14.8 Å². The molecule has 2 aromatic rings. The largest absolute Gasteiger partial charge is 0.493 e. The highest BCUT2D eigenvalue weighted by atomic mass is 19.3. The molecule has 7 heteroatoms. The number of nitrogens with one attached hydrogen (secondary N) is 1. The van der Waals surface area contributed by atoms with Gasteiger partial charge in [0, 0.05) is 18.5 Å². The first-order valence-electron chi connectivity index (χ1n) is 7.51. The van der Waals surface area contributed by atoms with Crippen LogP contribution in [0.15, 0.2) is 48.8 Å². The minimum atomic E-state index is -2.93. The van der Waals surface area contributed by atoms with Crippen LogP contribution in [-0.4, -0.2) is 24.6 Å². The number of hydrogen-bond donors (Lipinski definition) is 1. The molecule has 25 heavy (non-hydrogen) atoms. The molecule has 1 amide bonds. The van der Waals surface area contributed by atoms with Crippen LogP contribution in [-0.2, 0) is 4.79 Å². The fourth-order valence-electron chi connectivity index (χ4n) is 2.15. The lowest BCUT2D eigenvalue weighted by atomic mass is 10.1. The Morgan fingerprint density at radius 3 is 2.56 bits per heavy atom. The number of nitrogens with zero attached hydrogens (tertiary/aromatic N) is 1. The Morgan fingerprint density at radius 2 is 1.92 bits per heavy atom. The summed E-state index contributed by atoms with van der Waals surface area (Å²) in [5.41, 5.74) is 1.55. The molecule has 0 aliphatic rings. The Bertz CT molecular complexity index is 736. The Balaban J connectivity index is 2.02. The first-order valence-corrected chi connectivity index (χ1v) is 7.51. The van der Waals surface area contributed by atoms with Gasteiger partial charge in [-0.3, -0.25) is 9.78 Å². The van der Waals surface area contributed by atoms with Gasteiger partial charge in [0.1, 0.15) is 0 Å². The number of carbonyl (C=O) groups is 1. The van der Waals surface area contributed by atoms with E-state index in [1.165, 1.54) is 25.3 Å². The van der Waals surface area contributed by atoms with Crippen molar-refractivity contribution in [3.8, 4) is 11.5 Å². The molecule has 0 aliphatic heterocycles. The number of rotatable bonds is 7. The van der Waals surface area contributed by atoms with Crippen molar-refractivity contribution < 1.29 is 23.0 Å². The van der Waals surface area contributed by atoms with Gasteiger partial charge in [0.2, 0.25) is 5.91 Å². The number of benzene rings is 1. The van der Waals surface area contributed by atoms with Crippen LogP contribution in [0.4, 0.5) is 8.78 Å². The van der Waals surface area contributed by atoms with Crippen LogP contribution >= 0.6 is 0 Å². The molecule has 0 fully saturated rings. The maximum atomic E-state index is 12.3. The van der Waals surface area contributed by atoms with Gasteiger partial charge in [-0.25, -0.2) is 0 Å². The van der Waals surface area contributed by atoms with Gasteiger partial charge in [0.15, 0.2) is 11.5 Å². The lowest BCUT2D eigenvalue weighted by Crippen LogP contribution is -2.24. The van der Waals surface area contributed by atoms with Crippen molar-refractivity contribution in [3.05, 3.63) is 59.9 Å². The minimum absolute atomic E-state index is 0.0644. The van der Waals surface area contributed by atoms with E-state index >= 15 is 0 Å². The minimum Gasteiger partial charge on any atom is -0.493 e. The standard InChI is InChI=1S/C18H18F2N2O3/c1-12(14-7-9-21-10-8-14)22-17(23)6-4-13-3-5-15(25-18(19)20)16(11-13)24-2/h3-12,18H,1-2H3,(H,22,23). The third-order valence-corrected chi connectivity index (χ3v) is 3.40. The average molecular weight is 348 g/mol. The summed E-state index contributed by atoms with van der Waals surface area (Å²) in [5.74, 6) is -0.186. The number of carbonyl (C=O) groups excluding carboxylic acids is 1. The van der Waals surface area contributed by atoms with Crippen molar-refractivity contribution >= 4 is 12.0 Å². The van der Waals surface area contributed by atoms with Crippen LogP contribution in [0.3, 0.4) is 0 Å². The first kappa shape index (κ1) is 18.4. The van der Waals surface area contributed by atoms with Crippen molar-refractivity contribution in [1.29, 1.82) is 0 Å². The molecule has 1 atom stereocenters. The normalized spacial score (nSPS) is 12.2. The third-order valence-electron chi connectivity index (χ3n) is 3.40. The van der Waals surface area contributed by atoms with Gasteiger partial charge in [-0.2, -0.15) is 8.78 Å². The number of methoxy groups -OCH3 is 1. The summed E-state index contributed by atoms with van der Waals surface area (Å²) in [6.07, 6.45) is 6.23. The zero-order valence-electron chi connectivity index (χ0n) is 13.8. The van der Waals surface area contributed by atoms with Gasteiger partial charge in [-0.15, -0.1) is 0 Å². The Labute approximate surface area is 144 Å². The molecular weight excluding hydrogens is 330 g/mol. The summed E-state index contributed by atoms with van der Waals surface area (Å²) in [7, 11) is 1.35. The van der Waals surface area contributed by atoms with Crippen molar-refractivity contribution in [3.63, 3.8) is 0 Å². The fraction of sp³-hybridized carbons (Fsp3) is 0.222. The topological polar surface area (TPSA) is 60.5 Å². The monoisotopic (exact) mass is 348 g/mol. The molecule has 0 saturated heterocycles. The van der Waals surface area contributed by atoms with Crippen molar-refractivity contribution in [2.24, 2.45) is 0 Å². The quantitative estimate of drug-likeness (QED) is 0.777. The van der Waals surface area contributed by atoms with Crippen LogP contribution in [0.2, 0.25) is 0 Å². The third kappa shape index (κ3) is 5.56. The second-order valence-electron chi connectivity index (χ2n) is 5.13. The predicted octanol–water partition coefficient (Wildman–Crippen LogP) is 3.58. The van der Waals surface area contributed by atoms with E-state index in [9.17, 15) is 13.6 Å². The number of alkyl halides is 2. The SMILES string of the molecule is COc1cc(C=CC(=O)NC(C)c2ccncc2)ccc1OC(F)F. The summed E-state index contributed by atoms with van der Waals surface area (Å²) >= 11 is 0. The summed E-state index contributed by atoms with van der Waals surface area (Å²) in [6, 6.07) is 7.89. The van der Waals surface area contributed by atoms with Crippen LogP contribution in [0.5, 0.6) is 11.5 Å². The lowest BCUT2D eigenvalue weighted by molar-refractivity contribution is -0.117. The fourth-order valence-corrected chi connectivity index (χ4v) is 2.15. The molecule has 0 spiro atoms. The van der Waals surface area contributed by atoms with Gasteiger partial charge in [-0.1, -0.05) is 6.07 Å². The predicted molar refractivity (Wildman–Crippen MR) is 89.5 cm³/mol. The average Bonchev–Trinajstić information content (AvgIpc) is 2.61. The number of aromatic nitrogens is 1. The Morgan fingerprint density at radius 1 is 1.20 bits per heavy atom. The Hall–Kier alpha value is -2.96. The van der Waals surface area contributed by atoms with Crippen molar-refractivity contribution in [2.75, 3.05) is 7.11 Å². The molecule has 0 bridgehead atoms. The number of amides is 1. The molecule has 1 N–H and O–H groups in total. The zero-order chi connectivity index (χ0) is 18.2. The molecule has 1 heterocycles. The van der Waals surface area contributed by atoms with Gasteiger partial charge >= 0.3 is 6.61 Å². The first-order chi connectivity index (χ1) is 12.0. The second kappa shape index (κ2) is 8.77.